The van der Waals surface area contributed by atoms with Gasteiger partial charge in [-0.05, 0) is 18.6 Å². The lowest BCUT2D eigenvalue weighted by atomic mass is 10.2. The number of carboxylic acid groups (broad SMARTS) is 1. The molecule has 5 nitrogen and oxygen atoms in total. The smallest absolute Gasteiger partial charge is 0.313 e. The maximum Gasteiger partial charge on any atom is 0.313 e. The highest BCUT2D eigenvalue weighted by atomic mass is 32.2. The molecule has 1 unspecified atom stereocenters. The van der Waals surface area contributed by atoms with Crippen molar-refractivity contribution in [3.63, 3.8) is 0 Å². The van der Waals surface area contributed by atoms with Crippen LogP contribution in [0.15, 0.2) is 4.34 Å². The zero-order valence-corrected chi connectivity index (χ0v) is 11.5. The summed E-state index contributed by atoms with van der Waals surface area (Å²) in [6, 6.07) is 0. The van der Waals surface area contributed by atoms with Crippen molar-refractivity contribution in [2.24, 2.45) is 0 Å². The lowest BCUT2D eigenvalue weighted by Gasteiger charge is -2.07. The molecule has 1 atom stereocenters. The van der Waals surface area contributed by atoms with Crippen LogP contribution in [0.5, 0.6) is 0 Å². The Kier molecular flexibility index (Phi) is 4.93. The second-order valence-corrected chi connectivity index (χ2v) is 7.18. The highest BCUT2D eigenvalue weighted by Gasteiger charge is 2.16. The highest BCUT2D eigenvalue weighted by Crippen LogP contribution is 2.28. The number of thioether (sulfide) groups is 2. The summed E-state index contributed by atoms with van der Waals surface area (Å²) in [7, 11) is 0. The number of anilines is 1. The van der Waals surface area contributed by atoms with Crippen LogP contribution in [0.2, 0.25) is 0 Å². The quantitative estimate of drug-likeness (QED) is 0.777. The molecule has 2 heterocycles. The average Bonchev–Trinajstić information content (AvgIpc) is 2.95. The number of aliphatic carboxylic acids is 1. The fraction of sp³-hybridized carbons (Fsp3) is 0.667. The van der Waals surface area contributed by atoms with Crippen LogP contribution < -0.4 is 5.32 Å². The lowest BCUT2D eigenvalue weighted by molar-refractivity contribution is -0.133. The van der Waals surface area contributed by atoms with E-state index in [-0.39, 0.29) is 5.75 Å². The topological polar surface area (TPSA) is 75.1 Å². The van der Waals surface area contributed by atoms with Gasteiger partial charge in [-0.3, -0.25) is 4.79 Å². The molecule has 0 amide bonds. The van der Waals surface area contributed by atoms with Crippen LogP contribution in [-0.2, 0) is 4.79 Å². The van der Waals surface area contributed by atoms with Gasteiger partial charge in [-0.1, -0.05) is 23.1 Å². The summed E-state index contributed by atoms with van der Waals surface area (Å²) in [6.45, 7) is 0.920. The minimum atomic E-state index is -0.831. The first-order chi connectivity index (χ1) is 8.24. The zero-order valence-electron chi connectivity index (χ0n) is 9.09. The Morgan fingerprint density at radius 2 is 2.47 bits per heavy atom. The van der Waals surface area contributed by atoms with E-state index in [0.29, 0.717) is 9.59 Å². The highest BCUT2D eigenvalue weighted by molar-refractivity contribution is 8.01. The van der Waals surface area contributed by atoms with E-state index < -0.39 is 5.97 Å². The molecule has 1 aliphatic heterocycles. The van der Waals surface area contributed by atoms with Crippen LogP contribution in [0.3, 0.4) is 0 Å². The molecule has 0 saturated carbocycles. The van der Waals surface area contributed by atoms with E-state index in [1.165, 1.54) is 41.7 Å². The number of hydrogen-bond acceptors (Lipinski definition) is 7. The van der Waals surface area contributed by atoms with Gasteiger partial charge in [0.1, 0.15) is 0 Å². The van der Waals surface area contributed by atoms with Crippen LogP contribution in [0, 0.1) is 0 Å². The maximum atomic E-state index is 10.4. The summed E-state index contributed by atoms with van der Waals surface area (Å²) < 4.78 is 0.703. The van der Waals surface area contributed by atoms with Crippen LogP contribution in [0.4, 0.5) is 5.13 Å². The summed E-state index contributed by atoms with van der Waals surface area (Å²) in [5, 5.41) is 21.2. The maximum absolute atomic E-state index is 10.4. The molecule has 17 heavy (non-hydrogen) atoms. The lowest BCUT2D eigenvalue weighted by Crippen LogP contribution is -2.13. The summed E-state index contributed by atoms with van der Waals surface area (Å²) in [5.74, 6) is 0.456. The molecule has 8 heteroatoms. The van der Waals surface area contributed by atoms with Crippen LogP contribution in [0.25, 0.3) is 0 Å². The number of carbonyl (C=O) groups is 1. The van der Waals surface area contributed by atoms with Crippen molar-refractivity contribution in [2.45, 2.75) is 22.4 Å². The van der Waals surface area contributed by atoms with E-state index in [1.807, 2.05) is 11.8 Å². The second-order valence-electron chi connectivity index (χ2n) is 3.57. The first-order valence-electron chi connectivity index (χ1n) is 5.27. The molecule has 1 aromatic rings. The van der Waals surface area contributed by atoms with Crippen LogP contribution in [-0.4, -0.2) is 44.6 Å². The Hall–Kier alpha value is -0.470. The van der Waals surface area contributed by atoms with Crippen molar-refractivity contribution in [3.05, 3.63) is 0 Å². The predicted molar refractivity (Wildman–Crippen MR) is 72.2 cm³/mol. The normalized spacial score (nSPS) is 19.4. The fourth-order valence-electron chi connectivity index (χ4n) is 1.47. The Labute approximate surface area is 112 Å². The first kappa shape index (κ1) is 13.0. The van der Waals surface area contributed by atoms with Gasteiger partial charge in [0.2, 0.25) is 5.13 Å². The van der Waals surface area contributed by atoms with Gasteiger partial charge in [0, 0.05) is 11.8 Å². The number of aromatic nitrogens is 2. The molecule has 1 fully saturated rings. The van der Waals surface area contributed by atoms with Crippen molar-refractivity contribution in [1.82, 2.24) is 10.2 Å². The summed E-state index contributed by atoms with van der Waals surface area (Å²) >= 11 is 4.62. The fourth-order valence-corrected chi connectivity index (χ4v) is 4.15. The minimum Gasteiger partial charge on any atom is -0.481 e. The van der Waals surface area contributed by atoms with E-state index in [4.69, 9.17) is 5.11 Å². The third-order valence-electron chi connectivity index (χ3n) is 2.23. The van der Waals surface area contributed by atoms with Crippen molar-refractivity contribution in [1.29, 1.82) is 0 Å². The summed E-state index contributed by atoms with van der Waals surface area (Å²) in [5.41, 5.74) is 0. The Balaban J connectivity index is 1.75. The third kappa shape index (κ3) is 4.36. The van der Waals surface area contributed by atoms with Gasteiger partial charge in [-0.2, -0.15) is 11.8 Å². The van der Waals surface area contributed by atoms with E-state index in [1.54, 1.807) is 0 Å². The molecule has 1 aromatic heterocycles. The molecule has 0 aromatic carbocycles. The first-order valence-corrected chi connectivity index (χ1v) is 8.12. The minimum absolute atomic E-state index is 0.0348. The van der Waals surface area contributed by atoms with Gasteiger partial charge in [0.05, 0.1) is 5.75 Å². The predicted octanol–water partition coefficient (Wildman–Crippen LogP) is 2.02. The van der Waals surface area contributed by atoms with Gasteiger partial charge >= 0.3 is 5.97 Å². The molecule has 2 N–H and O–H groups in total. The number of rotatable bonds is 6. The van der Waals surface area contributed by atoms with Crippen molar-refractivity contribution < 1.29 is 9.90 Å². The van der Waals surface area contributed by atoms with E-state index in [0.717, 1.165) is 11.7 Å². The molecule has 0 spiro atoms. The van der Waals surface area contributed by atoms with E-state index in [2.05, 4.69) is 15.5 Å². The molecule has 0 radical (unpaired) electrons. The molecule has 1 saturated heterocycles. The van der Waals surface area contributed by atoms with E-state index in [9.17, 15) is 4.79 Å². The summed E-state index contributed by atoms with van der Waals surface area (Å²) in [4.78, 5) is 10.4. The van der Waals surface area contributed by atoms with Crippen LogP contribution >= 0.6 is 34.9 Å². The number of carboxylic acids is 1. The third-order valence-corrected chi connectivity index (χ3v) is 5.63. The molecule has 0 bridgehead atoms. The molecule has 1 aliphatic rings. The van der Waals surface area contributed by atoms with Crippen molar-refractivity contribution in [3.8, 4) is 0 Å². The monoisotopic (exact) mass is 291 g/mol. The van der Waals surface area contributed by atoms with Gasteiger partial charge in [-0.15, -0.1) is 10.2 Å². The van der Waals surface area contributed by atoms with Gasteiger partial charge < -0.3 is 10.4 Å². The standard InChI is InChI=1S/C9H13N3O2S3/c13-7(14)5-16-9-12-11-8(17-9)10-4-6-2-1-3-15-6/h6H,1-5H2,(H,10,11)(H,13,14). The molecule has 2 rings (SSSR count). The van der Waals surface area contributed by atoms with E-state index >= 15 is 0 Å². The van der Waals surface area contributed by atoms with Gasteiger partial charge in [0.15, 0.2) is 4.34 Å². The Morgan fingerprint density at radius 1 is 1.59 bits per heavy atom. The Morgan fingerprint density at radius 3 is 3.18 bits per heavy atom. The second kappa shape index (κ2) is 6.46. The average molecular weight is 291 g/mol. The van der Waals surface area contributed by atoms with Gasteiger partial charge in [-0.25, -0.2) is 0 Å². The van der Waals surface area contributed by atoms with Crippen LogP contribution in [0.1, 0.15) is 12.8 Å². The largest absolute Gasteiger partial charge is 0.481 e. The zero-order chi connectivity index (χ0) is 12.1. The molecular formula is C9H13N3O2S3. The molecule has 94 valence electrons. The Bertz CT molecular complexity index is 379. The molecule has 0 aliphatic carbocycles. The molecular weight excluding hydrogens is 278 g/mol. The number of hydrogen-bond donors (Lipinski definition) is 2. The number of nitrogens with one attached hydrogen (secondary N) is 1. The van der Waals surface area contributed by atoms with Crippen molar-refractivity contribution >= 4 is 46.0 Å². The van der Waals surface area contributed by atoms with Crippen molar-refractivity contribution in [2.75, 3.05) is 23.4 Å². The number of nitrogens with zero attached hydrogens (tertiary/aromatic N) is 2. The SMILES string of the molecule is O=C(O)CSc1nnc(NCC2CCCS2)s1. The summed E-state index contributed by atoms with van der Waals surface area (Å²) in [6.07, 6.45) is 2.56. The van der Waals surface area contributed by atoms with Gasteiger partial charge in [0.25, 0.3) is 0 Å².